The molecule has 0 aliphatic carbocycles. The van der Waals surface area contributed by atoms with Gasteiger partial charge in [-0.25, -0.2) is 4.98 Å². The molecule has 19 heavy (non-hydrogen) atoms. The Morgan fingerprint density at radius 1 is 1.16 bits per heavy atom. The molecule has 2 rings (SSSR count). The molecule has 2 aromatic rings. The molecular weight excluding hydrogens is 236 g/mol. The van der Waals surface area contributed by atoms with Crippen molar-refractivity contribution in [2.24, 2.45) is 0 Å². The molecule has 0 aliphatic rings. The van der Waals surface area contributed by atoms with Crippen LogP contribution in [0.4, 0.5) is 0 Å². The number of benzene rings is 1. The lowest BCUT2D eigenvalue weighted by Gasteiger charge is -2.04. The number of hydrogen-bond acceptors (Lipinski definition) is 2. The van der Waals surface area contributed by atoms with E-state index in [0.717, 1.165) is 12.8 Å². The van der Waals surface area contributed by atoms with Gasteiger partial charge in [0.15, 0.2) is 5.78 Å². The second-order valence-corrected chi connectivity index (χ2v) is 4.84. The van der Waals surface area contributed by atoms with Gasteiger partial charge in [0.05, 0.1) is 12.9 Å². The van der Waals surface area contributed by atoms with Gasteiger partial charge in [-0.2, -0.15) is 0 Å². The van der Waals surface area contributed by atoms with Gasteiger partial charge in [0.1, 0.15) is 0 Å². The summed E-state index contributed by atoms with van der Waals surface area (Å²) in [4.78, 5) is 15.7. The van der Waals surface area contributed by atoms with E-state index in [4.69, 9.17) is 0 Å². The molecule has 0 saturated heterocycles. The summed E-state index contributed by atoms with van der Waals surface area (Å²) < 4.78 is 1.81. The standard InChI is InChI=1S/C16H20N2O/c1-2-3-14-4-6-15(7-5-14)8-9-16(19)12-18-11-10-17-13-18/h4-7,10-11,13H,2-3,8-9,12H2,1H3. The van der Waals surface area contributed by atoms with Crippen LogP contribution in [0.2, 0.25) is 0 Å². The van der Waals surface area contributed by atoms with Crippen LogP contribution < -0.4 is 0 Å². The summed E-state index contributed by atoms with van der Waals surface area (Å²) in [7, 11) is 0. The van der Waals surface area contributed by atoms with Gasteiger partial charge in [-0.15, -0.1) is 0 Å². The quantitative estimate of drug-likeness (QED) is 0.763. The lowest BCUT2D eigenvalue weighted by atomic mass is 10.0. The van der Waals surface area contributed by atoms with E-state index in [1.807, 2.05) is 10.8 Å². The van der Waals surface area contributed by atoms with Gasteiger partial charge >= 0.3 is 0 Å². The number of imidazole rings is 1. The van der Waals surface area contributed by atoms with Crippen molar-refractivity contribution in [3.8, 4) is 0 Å². The number of nitrogens with zero attached hydrogens (tertiary/aromatic N) is 2. The van der Waals surface area contributed by atoms with E-state index in [9.17, 15) is 4.79 Å². The molecule has 1 heterocycles. The maximum absolute atomic E-state index is 11.8. The highest BCUT2D eigenvalue weighted by atomic mass is 16.1. The van der Waals surface area contributed by atoms with Crippen molar-refractivity contribution in [1.82, 2.24) is 9.55 Å². The van der Waals surface area contributed by atoms with Crippen LogP contribution in [0.1, 0.15) is 30.9 Å². The summed E-state index contributed by atoms with van der Waals surface area (Å²) >= 11 is 0. The molecule has 0 N–H and O–H groups in total. The number of aryl methyl sites for hydroxylation is 2. The van der Waals surface area contributed by atoms with Crippen LogP contribution in [-0.4, -0.2) is 15.3 Å². The van der Waals surface area contributed by atoms with Crippen LogP contribution >= 0.6 is 0 Å². The Kier molecular flexibility index (Phi) is 4.90. The van der Waals surface area contributed by atoms with Gasteiger partial charge in [-0.05, 0) is 24.0 Å². The maximum atomic E-state index is 11.8. The third-order valence-corrected chi connectivity index (χ3v) is 3.17. The molecule has 100 valence electrons. The van der Waals surface area contributed by atoms with Crippen molar-refractivity contribution >= 4 is 5.78 Å². The van der Waals surface area contributed by atoms with Gasteiger partial charge in [0.25, 0.3) is 0 Å². The van der Waals surface area contributed by atoms with Crippen LogP contribution in [0.3, 0.4) is 0 Å². The number of aromatic nitrogens is 2. The molecule has 0 radical (unpaired) electrons. The van der Waals surface area contributed by atoms with Crippen molar-refractivity contribution in [2.45, 2.75) is 39.2 Å². The van der Waals surface area contributed by atoms with Gasteiger partial charge in [-0.3, -0.25) is 4.79 Å². The predicted molar refractivity (Wildman–Crippen MR) is 76.0 cm³/mol. The number of Topliss-reactive ketones (excluding diaryl/α,β-unsaturated/α-hetero) is 1. The molecule has 0 aliphatic heterocycles. The summed E-state index contributed by atoms with van der Waals surface area (Å²) in [6, 6.07) is 8.60. The Balaban J connectivity index is 1.79. The Morgan fingerprint density at radius 2 is 1.84 bits per heavy atom. The van der Waals surface area contributed by atoms with Gasteiger partial charge in [0, 0.05) is 18.8 Å². The van der Waals surface area contributed by atoms with E-state index in [1.54, 1.807) is 12.5 Å². The zero-order valence-corrected chi connectivity index (χ0v) is 11.4. The number of carbonyl (C=O) groups excluding carboxylic acids is 1. The molecule has 0 unspecified atom stereocenters. The summed E-state index contributed by atoms with van der Waals surface area (Å²) in [5.41, 5.74) is 2.61. The Labute approximate surface area is 114 Å². The minimum atomic E-state index is 0.246. The summed E-state index contributed by atoms with van der Waals surface area (Å²) in [5.74, 6) is 0.246. The SMILES string of the molecule is CCCc1ccc(CCC(=O)Cn2ccnc2)cc1. The van der Waals surface area contributed by atoms with E-state index in [0.29, 0.717) is 13.0 Å². The number of rotatable bonds is 7. The summed E-state index contributed by atoms with van der Waals surface area (Å²) in [6.07, 6.45) is 8.89. The van der Waals surface area contributed by atoms with E-state index in [1.165, 1.54) is 17.5 Å². The molecule has 3 heteroatoms. The Morgan fingerprint density at radius 3 is 2.42 bits per heavy atom. The smallest absolute Gasteiger partial charge is 0.152 e. The van der Waals surface area contributed by atoms with Crippen molar-refractivity contribution < 1.29 is 4.79 Å². The molecule has 0 saturated carbocycles. The summed E-state index contributed by atoms with van der Waals surface area (Å²) in [5, 5.41) is 0. The lowest BCUT2D eigenvalue weighted by Crippen LogP contribution is -2.09. The normalized spacial score (nSPS) is 10.6. The first-order chi connectivity index (χ1) is 9.28. The average molecular weight is 256 g/mol. The number of ketones is 1. The highest BCUT2D eigenvalue weighted by molar-refractivity contribution is 5.78. The Bertz CT molecular complexity index is 500. The van der Waals surface area contributed by atoms with Crippen molar-refractivity contribution in [3.63, 3.8) is 0 Å². The second-order valence-electron chi connectivity index (χ2n) is 4.84. The maximum Gasteiger partial charge on any atom is 0.152 e. The van der Waals surface area contributed by atoms with Crippen molar-refractivity contribution in [1.29, 1.82) is 0 Å². The van der Waals surface area contributed by atoms with Crippen LogP contribution in [0.5, 0.6) is 0 Å². The fourth-order valence-corrected chi connectivity index (χ4v) is 2.11. The molecule has 1 aromatic heterocycles. The van der Waals surface area contributed by atoms with Crippen LogP contribution in [-0.2, 0) is 24.2 Å². The molecular formula is C16H20N2O. The molecule has 0 spiro atoms. The van der Waals surface area contributed by atoms with Crippen molar-refractivity contribution in [2.75, 3.05) is 0 Å². The van der Waals surface area contributed by atoms with E-state index < -0.39 is 0 Å². The number of hydrogen-bond donors (Lipinski definition) is 0. The fourth-order valence-electron chi connectivity index (χ4n) is 2.11. The monoisotopic (exact) mass is 256 g/mol. The minimum Gasteiger partial charge on any atom is -0.330 e. The zero-order chi connectivity index (χ0) is 13.5. The van der Waals surface area contributed by atoms with Crippen LogP contribution in [0.25, 0.3) is 0 Å². The number of carbonyl (C=O) groups is 1. The van der Waals surface area contributed by atoms with Gasteiger partial charge < -0.3 is 4.57 Å². The largest absolute Gasteiger partial charge is 0.330 e. The van der Waals surface area contributed by atoms with E-state index in [-0.39, 0.29) is 5.78 Å². The predicted octanol–water partition coefficient (Wildman–Crippen LogP) is 3.04. The lowest BCUT2D eigenvalue weighted by molar-refractivity contribution is -0.119. The first-order valence-corrected chi connectivity index (χ1v) is 6.83. The first-order valence-electron chi connectivity index (χ1n) is 6.83. The summed E-state index contributed by atoms with van der Waals surface area (Å²) in [6.45, 7) is 2.61. The highest BCUT2D eigenvalue weighted by Crippen LogP contribution is 2.09. The van der Waals surface area contributed by atoms with E-state index >= 15 is 0 Å². The Hall–Kier alpha value is -1.90. The van der Waals surface area contributed by atoms with Crippen LogP contribution in [0, 0.1) is 0 Å². The molecule has 3 nitrogen and oxygen atoms in total. The van der Waals surface area contributed by atoms with Crippen LogP contribution in [0.15, 0.2) is 43.0 Å². The topological polar surface area (TPSA) is 34.9 Å². The molecule has 0 bridgehead atoms. The van der Waals surface area contributed by atoms with Gasteiger partial charge in [-0.1, -0.05) is 37.6 Å². The van der Waals surface area contributed by atoms with Crippen molar-refractivity contribution in [3.05, 3.63) is 54.1 Å². The third-order valence-electron chi connectivity index (χ3n) is 3.17. The highest BCUT2D eigenvalue weighted by Gasteiger charge is 2.03. The molecule has 1 aromatic carbocycles. The molecule has 0 fully saturated rings. The fraction of sp³-hybridized carbons (Fsp3) is 0.375. The molecule has 0 amide bonds. The second kappa shape index (κ2) is 6.88. The zero-order valence-electron chi connectivity index (χ0n) is 11.4. The third kappa shape index (κ3) is 4.36. The average Bonchev–Trinajstić information content (AvgIpc) is 2.91. The van der Waals surface area contributed by atoms with Gasteiger partial charge in [0.2, 0.25) is 0 Å². The van der Waals surface area contributed by atoms with E-state index in [2.05, 4.69) is 36.2 Å². The molecule has 0 atom stereocenters. The first kappa shape index (κ1) is 13.5. The minimum absolute atomic E-state index is 0.246.